The van der Waals surface area contributed by atoms with Crippen molar-refractivity contribution >= 4 is 15.7 Å². The number of rotatable bonds is 4. The maximum absolute atomic E-state index is 13.4. The van der Waals surface area contributed by atoms with E-state index >= 15 is 0 Å². The lowest BCUT2D eigenvalue weighted by atomic mass is 10.2. The van der Waals surface area contributed by atoms with E-state index in [1.54, 1.807) is 12.1 Å². The van der Waals surface area contributed by atoms with Gasteiger partial charge in [0.2, 0.25) is 0 Å². The van der Waals surface area contributed by atoms with E-state index in [0.717, 1.165) is 5.56 Å². The number of sulfonamides is 1. The van der Waals surface area contributed by atoms with Gasteiger partial charge in [-0.25, -0.2) is 12.8 Å². The maximum atomic E-state index is 13.4. The Balaban J connectivity index is 2.30. The lowest BCUT2D eigenvalue weighted by Crippen LogP contribution is -2.47. The fraction of sp³-hybridized carbons (Fsp3) is 0.0769. The van der Waals surface area contributed by atoms with E-state index in [1.807, 2.05) is 0 Å². The predicted molar refractivity (Wildman–Crippen MR) is 69.6 cm³/mol. The van der Waals surface area contributed by atoms with Crippen molar-refractivity contribution in [3.8, 4) is 0 Å². The number of quaternary nitrogens is 1. The highest BCUT2D eigenvalue weighted by molar-refractivity contribution is 7.94. The molecule has 100 valence electrons. The summed E-state index contributed by atoms with van der Waals surface area (Å²) in [5, 5.41) is 0. The van der Waals surface area contributed by atoms with Crippen molar-refractivity contribution in [3.63, 3.8) is 0 Å². The molecule has 0 aliphatic heterocycles. The van der Waals surface area contributed by atoms with Crippen LogP contribution in [0.4, 0.5) is 10.1 Å². The fourth-order valence-electron chi connectivity index (χ4n) is 1.54. The summed E-state index contributed by atoms with van der Waals surface area (Å²) in [5.41, 5.74) is 4.43. The molecule has 3 N–H and O–H groups in total. The van der Waals surface area contributed by atoms with Crippen molar-refractivity contribution in [2.45, 2.75) is 11.4 Å². The van der Waals surface area contributed by atoms with E-state index in [0.29, 0.717) is 6.54 Å². The van der Waals surface area contributed by atoms with Crippen molar-refractivity contribution in [2.75, 3.05) is 0 Å². The van der Waals surface area contributed by atoms with Gasteiger partial charge in [0.05, 0.1) is 11.4 Å². The van der Waals surface area contributed by atoms with Gasteiger partial charge < -0.3 is 10.5 Å². The average molecular weight is 280 g/mol. The molecule has 0 saturated heterocycles. The number of nitrogens with zero attached hydrogens (tertiary/aromatic N) is 1. The Bertz CT molecular complexity index is 669. The molecule has 0 fully saturated rings. The van der Waals surface area contributed by atoms with Crippen LogP contribution in [0.1, 0.15) is 5.56 Å². The molecule has 2 aromatic carbocycles. The highest BCUT2D eigenvalue weighted by Crippen LogP contribution is 2.29. The molecule has 0 spiro atoms. The van der Waals surface area contributed by atoms with Crippen LogP contribution in [0.2, 0.25) is 0 Å². The molecule has 0 radical (unpaired) electrons. The summed E-state index contributed by atoms with van der Waals surface area (Å²) in [6, 6.07) is 11.7. The second kappa shape index (κ2) is 5.38. The third-order valence-corrected chi connectivity index (χ3v) is 3.89. The molecule has 0 bridgehead atoms. The van der Waals surface area contributed by atoms with E-state index < -0.39 is 15.8 Å². The monoisotopic (exact) mass is 280 g/mol. The summed E-state index contributed by atoms with van der Waals surface area (Å²) in [5.74, 6) is -0.666. The molecule has 0 amide bonds. The summed E-state index contributed by atoms with van der Waals surface area (Å²) >= 11 is 0. The summed E-state index contributed by atoms with van der Waals surface area (Å²) < 4.78 is 40.9. The molecule has 0 heterocycles. The third kappa shape index (κ3) is 3.10. The lowest BCUT2D eigenvalue weighted by Gasteiger charge is -2.22. The van der Waals surface area contributed by atoms with Gasteiger partial charge in [0.1, 0.15) is 15.8 Å². The van der Waals surface area contributed by atoms with Gasteiger partial charge >= 0.3 is 0 Å². The van der Waals surface area contributed by atoms with Gasteiger partial charge in [-0.3, -0.25) is 0 Å². The summed E-state index contributed by atoms with van der Waals surface area (Å²) in [6.07, 6.45) is 0. The largest absolute Gasteiger partial charge is 0.570 e. The lowest BCUT2D eigenvalue weighted by molar-refractivity contribution is -0.386. The van der Waals surface area contributed by atoms with E-state index in [4.69, 9.17) is 0 Å². The first kappa shape index (κ1) is 13.5. The molecule has 0 atom stereocenters. The van der Waals surface area contributed by atoms with Gasteiger partial charge in [0.25, 0.3) is 0 Å². The average Bonchev–Trinajstić information content (AvgIpc) is 2.41. The molecule has 19 heavy (non-hydrogen) atoms. The number of halogens is 1. The Labute approximate surface area is 111 Å². The van der Waals surface area contributed by atoms with E-state index in [9.17, 15) is 12.8 Å². The Morgan fingerprint density at radius 3 is 2.26 bits per heavy atom. The van der Waals surface area contributed by atoms with Gasteiger partial charge in [-0.05, 0) is 18.2 Å². The van der Waals surface area contributed by atoms with Crippen molar-refractivity contribution in [1.82, 2.24) is 0 Å². The van der Waals surface area contributed by atoms with Crippen LogP contribution in [0.15, 0.2) is 53.4 Å². The van der Waals surface area contributed by atoms with Crippen LogP contribution in [0, 0.1) is 5.82 Å². The first-order valence-electron chi connectivity index (χ1n) is 5.63. The molecular weight excluding hydrogens is 267 g/mol. The summed E-state index contributed by atoms with van der Waals surface area (Å²) in [4.78, 5) is 0.0351. The SMILES string of the molecule is [NH3+]Cc1ccc(S(=O)(=O)[N-]c2ccccc2F)cc1. The molecule has 2 aromatic rings. The van der Waals surface area contributed by atoms with Crippen molar-refractivity contribution in [1.29, 1.82) is 0 Å². The van der Waals surface area contributed by atoms with Crippen molar-refractivity contribution < 1.29 is 18.5 Å². The van der Waals surface area contributed by atoms with Crippen LogP contribution in [-0.2, 0) is 16.6 Å². The van der Waals surface area contributed by atoms with Crippen molar-refractivity contribution in [3.05, 3.63) is 64.6 Å². The maximum Gasteiger partial charge on any atom is 0.123 e. The number of hydrogen-bond donors (Lipinski definition) is 1. The molecular formula is C13H13FN2O2S. The van der Waals surface area contributed by atoms with Crippen LogP contribution >= 0.6 is 0 Å². The summed E-state index contributed by atoms with van der Waals surface area (Å²) in [7, 11) is -3.90. The molecule has 0 aliphatic rings. The molecule has 0 unspecified atom stereocenters. The highest BCUT2D eigenvalue weighted by Gasteiger charge is 2.06. The van der Waals surface area contributed by atoms with E-state index in [-0.39, 0.29) is 10.6 Å². The normalized spacial score (nSPS) is 11.3. The van der Waals surface area contributed by atoms with Crippen LogP contribution in [0.3, 0.4) is 0 Å². The first-order valence-corrected chi connectivity index (χ1v) is 7.07. The van der Waals surface area contributed by atoms with E-state index in [2.05, 4.69) is 10.5 Å². The van der Waals surface area contributed by atoms with Gasteiger partial charge in [-0.15, -0.1) is 0 Å². The smallest absolute Gasteiger partial charge is 0.123 e. The predicted octanol–water partition coefficient (Wildman–Crippen LogP) is 1.96. The molecule has 2 rings (SSSR count). The van der Waals surface area contributed by atoms with Crippen molar-refractivity contribution in [2.24, 2.45) is 0 Å². The van der Waals surface area contributed by atoms with Gasteiger partial charge in [0, 0.05) is 5.56 Å². The number of hydrogen-bond acceptors (Lipinski definition) is 2. The molecule has 0 aromatic heterocycles. The minimum absolute atomic E-state index is 0.0351. The Morgan fingerprint density at radius 1 is 1.05 bits per heavy atom. The molecule has 4 nitrogen and oxygen atoms in total. The van der Waals surface area contributed by atoms with E-state index in [1.165, 1.54) is 36.4 Å². The van der Waals surface area contributed by atoms with Crippen LogP contribution < -0.4 is 5.73 Å². The zero-order chi connectivity index (χ0) is 13.9. The second-order valence-corrected chi connectivity index (χ2v) is 5.52. The standard InChI is InChI=1S/C13H12FN2O2S/c14-12-3-1-2-4-13(12)16-19(17,18)11-7-5-10(9-15)6-8-11/h1-8H,9,15H2/q-1/p+1. The zero-order valence-electron chi connectivity index (χ0n) is 10.1. The quantitative estimate of drug-likeness (QED) is 0.929. The van der Waals surface area contributed by atoms with Gasteiger partial charge in [-0.2, -0.15) is 0 Å². The zero-order valence-corrected chi connectivity index (χ0v) is 10.9. The molecule has 6 heteroatoms. The van der Waals surface area contributed by atoms with Gasteiger partial charge in [-0.1, -0.05) is 36.0 Å². The highest BCUT2D eigenvalue weighted by atomic mass is 32.2. The minimum atomic E-state index is -3.90. The first-order chi connectivity index (χ1) is 9.03. The Kier molecular flexibility index (Phi) is 3.82. The van der Waals surface area contributed by atoms with Crippen LogP contribution in [0.5, 0.6) is 0 Å². The summed E-state index contributed by atoms with van der Waals surface area (Å²) in [6.45, 7) is 0.574. The molecule has 0 saturated carbocycles. The van der Waals surface area contributed by atoms with Gasteiger partial charge in [0.15, 0.2) is 0 Å². The van der Waals surface area contributed by atoms with Crippen LogP contribution in [0.25, 0.3) is 4.72 Å². The fourth-order valence-corrected chi connectivity index (χ4v) is 2.53. The topological polar surface area (TPSA) is 75.9 Å². The Hall–Kier alpha value is -1.92. The van der Waals surface area contributed by atoms with Crippen LogP contribution in [-0.4, -0.2) is 8.42 Å². The third-order valence-electron chi connectivity index (χ3n) is 2.58. The molecule has 0 aliphatic carbocycles. The minimum Gasteiger partial charge on any atom is -0.570 e. The Morgan fingerprint density at radius 2 is 1.68 bits per heavy atom. The number of benzene rings is 2. The second-order valence-electron chi connectivity index (χ2n) is 3.91.